The molecule has 0 aliphatic carbocycles. The van der Waals surface area contributed by atoms with Crippen LogP contribution in [0.15, 0.2) is 12.3 Å². The van der Waals surface area contributed by atoms with Crippen molar-refractivity contribution in [1.82, 2.24) is 5.06 Å². The molecule has 0 aromatic rings. The van der Waals surface area contributed by atoms with E-state index in [1.54, 1.807) is 26.8 Å². The number of carbonyl (C=O) groups is 1. The summed E-state index contributed by atoms with van der Waals surface area (Å²) >= 11 is 0. The van der Waals surface area contributed by atoms with Gasteiger partial charge in [-0.05, 0) is 26.8 Å². The number of rotatable bonds is 0. The molecule has 0 aromatic carbocycles. The van der Waals surface area contributed by atoms with Gasteiger partial charge in [0.1, 0.15) is 12.2 Å². The maximum Gasteiger partial charge on any atom is 0.438 e. The van der Waals surface area contributed by atoms with Gasteiger partial charge in [0.25, 0.3) is 0 Å². The van der Waals surface area contributed by atoms with Crippen LogP contribution in [0.3, 0.4) is 0 Å². The van der Waals surface area contributed by atoms with Crippen molar-refractivity contribution in [2.24, 2.45) is 0 Å². The van der Waals surface area contributed by atoms with Crippen LogP contribution in [0, 0.1) is 6.61 Å². The first-order valence-corrected chi connectivity index (χ1v) is 3.68. The van der Waals surface area contributed by atoms with Gasteiger partial charge in [-0.15, -0.1) is 0 Å². The second-order valence-corrected chi connectivity index (χ2v) is 3.39. The lowest BCUT2D eigenvalue weighted by atomic mass is 10.2. The number of hydrogen-bond acceptors (Lipinski definition) is 3. The first kappa shape index (κ1) is 9.06. The summed E-state index contributed by atoms with van der Waals surface area (Å²) in [6, 6.07) is 0. The van der Waals surface area contributed by atoms with Crippen LogP contribution in [0.1, 0.15) is 20.8 Å². The second-order valence-electron chi connectivity index (χ2n) is 3.39. The predicted octanol–water partition coefficient (Wildman–Crippen LogP) is 1.84. The number of ether oxygens (including phenoxy) is 1. The van der Waals surface area contributed by atoms with E-state index in [0.717, 1.165) is 5.06 Å². The molecule has 0 bridgehead atoms. The summed E-state index contributed by atoms with van der Waals surface area (Å²) in [5, 5.41) is 1.03. The zero-order valence-corrected chi connectivity index (χ0v) is 7.40. The van der Waals surface area contributed by atoms with E-state index in [0.29, 0.717) is 0 Å². The number of hydroxylamine groups is 2. The minimum Gasteiger partial charge on any atom is -0.442 e. The Morgan fingerprint density at radius 3 is 2.58 bits per heavy atom. The Bertz CT molecular complexity index is 205. The Labute approximate surface area is 71.7 Å². The van der Waals surface area contributed by atoms with Gasteiger partial charge in [0.05, 0.1) is 0 Å². The molecule has 0 saturated heterocycles. The Balaban J connectivity index is 2.43. The highest BCUT2D eigenvalue weighted by Gasteiger charge is 2.22. The standard InChI is InChI=1S/C8H12NO3/c1-8(2,3)12-7(10)9-5-4-6-11-9/h4-6H,1-3H3. The molecule has 1 amide bonds. The van der Waals surface area contributed by atoms with Crippen LogP contribution in [0.4, 0.5) is 4.79 Å². The lowest BCUT2D eigenvalue weighted by Gasteiger charge is -2.22. The van der Waals surface area contributed by atoms with Gasteiger partial charge in [-0.25, -0.2) is 4.79 Å². The third kappa shape index (κ3) is 2.54. The van der Waals surface area contributed by atoms with E-state index in [9.17, 15) is 4.79 Å². The molecule has 1 heterocycles. The van der Waals surface area contributed by atoms with Gasteiger partial charge in [-0.2, -0.15) is 5.06 Å². The van der Waals surface area contributed by atoms with E-state index in [1.165, 1.54) is 12.8 Å². The molecule has 67 valence electrons. The third-order valence-corrected chi connectivity index (χ3v) is 1.05. The monoisotopic (exact) mass is 170 g/mol. The lowest BCUT2D eigenvalue weighted by Crippen LogP contribution is -2.31. The van der Waals surface area contributed by atoms with Crippen molar-refractivity contribution in [1.29, 1.82) is 0 Å². The summed E-state index contributed by atoms with van der Waals surface area (Å²) in [6.45, 7) is 6.81. The number of nitrogens with zero attached hydrogens (tertiary/aromatic N) is 1. The quantitative estimate of drug-likeness (QED) is 0.556. The summed E-state index contributed by atoms with van der Waals surface area (Å²) in [7, 11) is 0. The fourth-order valence-corrected chi connectivity index (χ4v) is 0.660. The maximum atomic E-state index is 11.2. The van der Waals surface area contributed by atoms with E-state index in [1.807, 2.05) is 0 Å². The van der Waals surface area contributed by atoms with Crippen molar-refractivity contribution < 1.29 is 14.4 Å². The van der Waals surface area contributed by atoms with E-state index in [4.69, 9.17) is 9.57 Å². The van der Waals surface area contributed by atoms with Gasteiger partial charge in [0, 0.05) is 6.20 Å². The highest BCUT2D eigenvalue weighted by atomic mass is 16.7. The number of amides is 1. The normalized spacial score (nSPS) is 16.8. The van der Waals surface area contributed by atoms with Crippen LogP contribution in [-0.4, -0.2) is 16.8 Å². The van der Waals surface area contributed by atoms with E-state index < -0.39 is 11.7 Å². The highest BCUT2D eigenvalue weighted by molar-refractivity contribution is 5.68. The molecule has 0 aromatic heterocycles. The van der Waals surface area contributed by atoms with Crippen LogP contribution in [0.2, 0.25) is 0 Å². The third-order valence-electron chi connectivity index (χ3n) is 1.05. The largest absolute Gasteiger partial charge is 0.442 e. The molecule has 0 N–H and O–H groups in total. The summed E-state index contributed by atoms with van der Waals surface area (Å²) < 4.78 is 5.01. The molecule has 4 nitrogen and oxygen atoms in total. The lowest BCUT2D eigenvalue weighted by molar-refractivity contribution is -0.0726. The molecule has 1 aliphatic rings. The van der Waals surface area contributed by atoms with Crippen LogP contribution >= 0.6 is 0 Å². The van der Waals surface area contributed by atoms with Gasteiger partial charge in [-0.3, -0.25) is 4.84 Å². The van der Waals surface area contributed by atoms with Gasteiger partial charge in [-0.1, -0.05) is 0 Å². The van der Waals surface area contributed by atoms with E-state index >= 15 is 0 Å². The molecule has 1 aliphatic heterocycles. The van der Waals surface area contributed by atoms with Crippen LogP contribution in [0.5, 0.6) is 0 Å². The molecular weight excluding hydrogens is 158 g/mol. The molecule has 4 heteroatoms. The molecular formula is C8H12NO3. The van der Waals surface area contributed by atoms with E-state index in [-0.39, 0.29) is 0 Å². The van der Waals surface area contributed by atoms with Crippen LogP contribution in [-0.2, 0) is 9.57 Å². The van der Waals surface area contributed by atoms with Crippen LogP contribution < -0.4 is 0 Å². The van der Waals surface area contributed by atoms with Crippen molar-refractivity contribution in [2.75, 3.05) is 0 Å². The van der Waals surface area contributed by atoms with Gasteiger partial charge >= 0.3 is 6.09 Å². The van der Waals surface area contributed by atoms with Crippen molar-refractivity contribution in [3.8, 4) is 0 Å². The maximum absolute atomic E-state index is 11.2. The van der Waals surface area contributed by atoms with E-state index in [2.05, 4.69) is 0 Å². The fraction of sp³-hybridized carbons (Fsp3) is 0.500. The summed E-state index contributed by atoms with van der Waals surface area (Å²) in [6.07, 6.45) is 2.60. The van der Waals surface area contributed by atoms with Crippen molar-refractivity contribution in [3.63, 3.8) is 0 Å². The molecule has 0 spiro atoms. The topological polar surface area (TPSA) is 38.8 Å². The molecule has 1 rings (SSSR count). The Kier molecular flexibility index (Phi) is 2.38. The first-order valence-electron chi connectivity index (χ1n) is 3.68. The predicted molar refractivity (Wildman–Crippen MR) is 42.6 cm³/mol. The second kappa shape index (κ2) is 3.15. The van der Waals surface area contributed by atoms with Crippen molar-refractivity contribution in [3.05, 3.63) is 18.9 Å². The zero-order valence-electron chi connectivity index (χ0n) is 7.40. The van der Waals surface area contributed by atoms with Gasteiger partial charge in [0.2, 0.25) is 0 Å². The van der Waals surface area contributed by atoms with Crippen molar-refractivity contribution >= 4 is 6.09 Å². The van der Waals surface area contributed by atoms with Crippen LogP contribution in [0.25, 0.3) is 0 Å². The SMILES string of the molecule is CC(C)(C)OC(=O)N1C=C[CH]O1. The summed E-state index contributed by atoms with van der Waals surface area (Å²) in [4.78, 5) is 16.0. The van der Waals surface area contributed by atoms with Gasteiger partial charge in [0.15, 0.2) is 0 Å². The highest BCUT2D eigenvalue weighted by Crippen LogP contribution is 2.13. The summed E-state index contributed by atoms with van der Waals surface area (Å²) in [5.41, 5.74) is -0.489. The number of hydrogen-bond donors (Lipinski definition) is 0. The smallest absolute Gasteiger partial charge is 0.438 e. The minimum absolute atomic E-state index is 0.489. The first-order chi connectivity index (χ1) is 5.49. The molecule has 0 saturated carbocycles. The molecule has 0 fully saturated rings. The average molecular weight is 170 g/mol. The molecule has 0 unspecified atom stereocenters. The average Bonchev–Trinajstić information content (AvgIpc) is 2.32. The number of carbonyl (C=O) groups excluding carboxylic acids is 1. The van der Waals surface area contributed by atoms with Crippen molar-refractivity contribution in [2.45, 2.75) is 26.4 Å². The molecule has 0 atom stereocenters. The Morgan fingerprint density at radius 1 is 1.50 bits per heavy atom. The molecule has 12 heavy (non-hydrogen) atoms. The Morgan fingerprint density at radius 2 is 2.17 bits per heavy atom. The molecule has 1 radical (unpaired) electrons. The summed E-state index contributed by atoms with van der Waals surface area (Å²) in [5.74, 6) is 0. The minimum atomic E-state index is -0.507. The fourth-order valence-electron chi connectivity index (χ4n) is 0.660. The van der Waals surface area contributed by atoms with Gasteiger partial charge < -0.3 is 4.74 Å². The Hall–Kier alpha value is -1.03. The zero-order chi connectivity index (χ0) is 9.19.